The maximum absolute atomic E-state index is 8.76. The van der Waals surface area contributed by atoms with Gasteiger partial charge in [-0.05, 0) is 19.3 Å². The third-order valence-electron chi connectivity index (χ3n) is 3.87. The SMILES string of the molecule is NC(C=CCCCCCCCCCCCCCCO)CO. The quantitative estimate of drug-likeness (QED) is 0.299. The first-order chi connectivity index (χ1) is 10.3. The molecule has 3 heteroatoms. The van der Waals surface area contributed by atoms with E-state index in [1.165, 1.54) is 70.6 Å². The Morgan fingerprint density at radius 1 is 0.667 bits per heavy atom. The molecular formula is C18H37NO2. The van der Waals surface area contributed by atoms with Gasteiger partial charge in [-0.3, -0.25) is 0 Å². The van der Waals surface area contributed by atoms with E-state index in [2.05, 4.69) is 6.08 Å². The number of aliphatic hydroxyl groups is 2. The third kappa shape index (κ3) is 17.6. The van der Waals surface area contributed by atoms with Gasteiger partial charge in [0, 0.05) is 12.6 Å². The van der Waals surface area contributed by atoms with Crippen molar-refractivity contribution >= 4 is 0 Å². The Bertz CT molecular complexity index is 219. The Hall–Kier alpha value is -0.380. The van der Waals surface area contributed by atoms with E-state index >= 15 is 0 Å². The number of unbranched alkanes of at least 4 members (excludes halogenated alkanes) is 12. The van der Waals surface area contributed by atoms with Gasteiger partial charge in [0.2, 0.25) is 0 Å². The van der Waals surface area contributed by atoms with E-state index in [9.17, 15) is 0 Å². The standard InChI is InChI=1S/C18H37NO2/c19-18(17-21)15-13-11-9-7-5-3-1-2-4-6-8-10-12-14-16-20/h13,15,18,20-21H,1-12,14,16-17,19H2. The van der Waals surface area contributed by atoms with Gasteiger partial charge in [-0.15, -0.1) is 0 Å². The van der Waals surface area contributed by atoms with Gasteiger partial charge < -0.3 is 15.9 Å². The van der Waals surface area contributed by atoms with Crippen molar-refractivity contribution in [1.82, 2.24) is 0 Å². The monoisotopic (exact) mass is 299 g/mol. The Morgan fingerprint density at radius 2 is 1.10 bits per heavy atom. The lowest BCUT2D eigenvalue weighted by molar-refractivity contribution is 0.282. The highest BCUT2D eigenvalue weighted by molar-refractivity contribution is 4.90. The van der Waals surface area contributed by atoms with Gasteiger partial charge in [0.05, 0.1) is 6.61 Å². The van der Waals surface area contributed by atoms with Crippen LogP contribution in [-0.4, -0.2) is 29.5 Å². The smallest absolute Gasteiger partial charge is 0.0618 e. The average molecular weight is 299 g/mol. The molecule has 0 amide bonds. The van der Waals surface area contributed by atoms with Gasteiger partial charge in [-0.1, -0.05) is 76.4 Å². The molecule has 126 valence electrons. The van der Waals surface area contributed by atoms with E-state index in [-0.39, 0.29) is 12.6 Å². The van der Waals surface area contributed by atoms with Crippen molar-refractivity contribution in [3.63, 3.8) is 0 Å². The number of hydrogen-bond donors (Lipinski definition) is 3. The van der Waals surface area contributed by atoms with Gasteiger partial charge in [-0.25, -0.2) is 0 Å². The van der Waals surface area contributed by atoms with E-state index in [0.29, 0.717) is 6.61 Å². The summed E-state index contributed by atoms with van der Waals surface area (Å²) in [6.45, 7) is 0.391. The van der Waals surface area contributed by atoms with Crippen molar-refractivity contribution in [1.29, 1.82) is 0 Å². The molecule has 0 aliphatic carbocycles. The van der Waals surface area contributed by atoms with E-state index in [0.717, 1.165) is 12.8 Å². The zero-order chi connectivity index (χ0) is 15.6. The second-order valence-electron chi connectivity index (χ2n) is 6.03. The maximum atomic E-state index is 8.76. The molecule has 0 aromatic rings. The zero-order valence-electron chi connectivity index (χ0n) is 13.8. The summed E-state index contributed by atoms with van der Waals surface area (Å²) in [5, 5.41) is 17.4. The van der Waals surface area contributed by atoms with Crippen molar-refractivity contribution < 1.29 is 10.2 Å². The van der Waals surface area contributed by atoms with Crippen molar-refractivity contribution in [2.45, 2.75) is 89.5 Å². The summed E-state index contributed by atoms with van der Waals surface area (Å²) in [4.78, 5) is 0. The minimum absolute atomic E-state index is 0.0396. The first-order valence-electron chi connectivity index (χ1n) is 8.95. The van der Waals surface area contributed by atoms with Crippen LogP contribution in [0.25, 0.3) is 0 Å². The molecule has 0 bridgehead atoms. The summed E-state index contributed by atoms with van der Waals surface area (Å²) in [6.07, 6.45) is 20.6. The van der Waals surface area contributed by atoms with Crippen LogP contribution >= 0.6 is 0 Å². The second-order valence-corrected chi connectivity index (χ2v) is 6.03. The summed E-state index contributed by atoms with van der Waals surface area (Å²) >= 11 is 0. The molecule has 0 aromatic heterocycles. The molecule has 21 heavy (non-hydrogen) atoms. The Kier molecular flexibility index (Phi) is 17.4. The Balaban J connectivity index is 3.04. The molecule has 0 fully saturated rings. The van der Waals surface area contributed by atoms with Crippen molar-refractivity contribution in [2.24, 2.45) is 5.73 Å². The number of rotatable bonds is 16. The van der Waals surface area contributed by atoms with Gasteiger partial charge in [0.1, 0.15) is 0 Å². The number of allylic oxidation sites excluding steroid dienone is 1. The minimum Gasteiger partial charge on any atom is -0.396 e. The van der Waals surface area contributed by atoms with Crippen LogP contribution in [0.3, 0.4) is 0 Å². The second kappa shape index (κ2) is 17.7. The lowest BCUT2D eigenvalue weighted by Gasteiger charge is -2.02. The largest absolute Gasteiger partial charge is 0.396 e. The van der Waals surface area contributed by atoms with Crippen LogP contribution in [0.5, 0.6) is 0 Å². The molecule has 0 spiro atoms. The fourth-order valence-corrected chi connectivity index (χ4v) is 2.47. The minimum atomic E-state index is -0.186. The number of aliphatic hydroxyl groups excluding tert-OH is 2. The summed E-state index contributed by atoms with van der Waals surface area (Å²) in [5.74, 6) is 0. The molecule has 0 radical (unpaired) electrons. The molecule has 0 heterocycles. The molecule has 4 N–H and O–H groups in total. The zero-order valence-corrected chi connectivity index (χ0v) is 13.8. The molecular weight excluding hydrogens is 262 g/mol. The molecule has 1 atom stereocenters. The first-order valence-corrected chi connectivity index (χ1v) is 8.95. The van der Waals surface area contributed by atoms with Gasteiger partial charge in [0.25, 0.3) is 0 Å². The lowest BCUT2D eigenvalue weighted by atomic mass is 10.0. The van der Waals surface area contributed by atoms with Crippen LogP contribution in [0, 0.1) is 0 Å². The number of nitrogens with two attached hydrogens (primary N) is 1. The van der Waals surface area contributed by atoms with Crippen LogP contribution in [-0.2, 0) is 0 Å². The summed E-state index contributed by atoms with van der Waals surface area (Å²) in [5.41, 5.74) is 5.58. The fraction of sp³-hybridized carbons (Fsp3) is 0.889. The van der Waals surface area contributed by atoms with Gasteiger partial charge in [0.15, 0.2) is 0 Å². The molecule has 0 aliphatic rings. The summed E-state index contributed by atoms with van der Waals surface area (Å²) in [7, 11) is 0. The van der Waals surface area contributed by atoms with Crippen molar-refractivity contribution in [3.05, 3.63) is 12.2 Å². The predicted molar refractivity (Wildman–Crippen MR) is 91.3 cm³/mol. The molecule has 0 saturated heterocycles. The van der Waals surface area contributed by atoms with E-state index < -0.39 is 0 Å². The van der Waals surface area contributed by atoms with Gasteiger partial charge >= 0.3 is 0 Å². The first kappa shape index (κ1) is 20.6. The normalized spacial score (nSPS) is 13.1. The maximum Gasteiger partial charge on any atom is 0.0618 e. The highest BCUT2D eigenvalue weighted by atomic mass is 16.3. The van der Waals surface area contributed by atoms with Crippen molar-refractivity contribution in [2.75, 3.05) is 13.2 Å². The Morgan fingerprint density at radius 3 is 1.52 bits per heavy atom. The molecule has 0 saturated carbocycles. The summed E-state index contributed by atoms with van der Waals surface area (Å²) in [6, 6.07) is -0.186. The molecule has 1 unspecified atom stereocenters. The van der Waals surface area contributed by atoms with Crippen LogP contribution in [0.1, 0.15) is 83.5 Å². The Labute approximate surface area is 131 Å². The fourth-order valence-electron chi connectivity index (χ4n) is 2.47. The third-order valence-corrected chi connectivity index (χ3v) is 3.87. The molecule has 0 aromatic carbocycles. The average Bonchev–Trinajstić information content (AvgIpc) is 2.50. The predicted octanol–water partition coefficient (Wildman–Crippen LogP) is 3.93. The van der Waals surface area contributed by atoms with Crippen LogP contribution in [0.2, 0.25) is 0 Å². The van der Waals surface area contributed by atoms with Gasteiger partial charge in [-0.2, -0.15) is 0 Å². The van der Waals surface area contributed by atoms with Crippen LogP contribution in [0.15, 0.2) is 12.2 Å². The highest BCUT2D eigenvalue weighted by Crippen LogP contribution is 2.12. The van der Waals surface area contributed by atoms with E-state index in [1.807, 2.05) is 6.08 Å². The van der Waals surface area contributed by atoms with Crippen molar-refractivity contribution in [3.8, 4) is 0 Å². The lowest BCUT2D eigenvalue weighted by Crippen LogP contribution is -2.20. The highest BCUT2D eigenvalue weighted by Gasteiger charge is 1.94. The molecule has 0 rings (SSSR count). The number of hydrogen-bond acceptors (Lipinski definition) is 3. The molecule has 0 aliphatic heterocycles. The molecule has 3 nitrogen and oxygen atoms in total. The van der Waals surface area contributed by atoms with Crippen LogP contribution in [0.4, 0.5) is 0 Å². The van der Waals surface area contributed by atoms with E-state index in [1.54, 1.807) is 0 Å². The summed E-state index contributed by atoms with van der Waals surface area (Å²) < 4.78 is 0. The van der Waals surface area contributed by atoms with E-state index in [4.69, 9.17) is 15.9 Å². The topological polar surface area (TPSA) is 66.5 Å². The van der Waals surface area contributed by atoms with Crippen LogP contribution < -0.4 is 5.73 Å².